The van der Waals surface area contributed by atoms with E-state index in [1.165, 1.54) is 45.1 Å². The van der Waals surface area contributed by atoms with Gasteiger partial charge in [-0.25, -0.2) is 9.59 Å². The maximum Gasteiger partial charge on any atom is 0.352 e. The number of β-lactam (4-membered cyclic amide) rings is 2. The van der Waals surface area contributed by atoms with Crippen molar-refractivity contribution in [1.82, 2.24) is 25.3 Å². The summed E-state index contributed by atoms with van der Waals surface area (Å²) in [6.45, 7) is 3.29. The van der Waals surface area contributed by atoms with Crippen molar-refractivity contribution in [2.75, 3.05) is 49.4 Å². The van der Waals surface area contributed by atoms with E-state index in [4.69, 9.17) is 17.2 Å². The molecule has 2 saturated heterocycles. The minimum absolute atomic E-state index is 0.00983. The van der Waals surface area contributed by atoms with Crippen LogP contribution in [0.15, 0.2) is 22.5 Å². The van der Waals surface area contributed by atoms with Crippen LogP contribution in [0.5, 0.6) is 0 Å². The van der Waals surface area contributed by atoms with E-state index in [1.807, 2.05) is 21.0 Å². The maximum atomic E-state index is 12.6. The molecule has 2 fully saturated rings. The number of hydrogen-bond acceptors (Lipinski definition) is 18. The Kier molecular flexibility index (Phi) is 20.8. The monoisotopic (exact) mass is 906 g/mol. The average molecular weight is 907 g/mol. The van der Waals surface area contributed by atoms with Crippen LogP contribution in [0.2, 0.25) is 0 Å². The number of carbonyl (C=O) groups excluding carboxylic acids is 6. The number of aliphatic carboxylic acids is 2. The highest BCUT2D eigenvalue weighted by molar-refractivity contribution is 8.01. The highest BCUT2D eigenvalue weighted by Gasteiger charge is 2.55. The van der Waals surface area contributed by atoms with Gasteiger partial charge < -0.3 is 41.0 Å². The first-order valence-electron chi connectivity index (χ1n) is 18.7. The largest absolute Gasteiger partial charge is 0.477 e. The summed E-state index contributed by atoms with van der Waals surface area (Å²) in [5.74, 6) is -0.883. The molecule has 4 amide bonds. The van der Waals surface area contributed by atoms with Crippen molar-refractivity contribution >= 4 is 95.6 Å². The van der Waals surface area contributed by atoms with Crippen LogP contribution in [0, 0.1) is 0 Å². The summed E-state index contributed by atoms with van der Waals surface area (Å²) in [6, 6.07) is -1.49. The quantitative estimate of drug-likeness (QED) is 0.0261. The predicted molar refractivity (Wildman–Crippen MR) is 224 cm³/mol. The molecule has 7 unspecified atom stereocenters. The Morgan fingerprint density at radius 3 is 1.64 bits per heavy atom. The van der Waals surface area contributed by atoms with Gasteiger partial charge in [0.1, 0.15) is 34.2 Å². The van der Waals surface area contributed by atoms with Gasteiger partial charge in [-0.1, -0.05) is 0 Å². The molecule has 7 atom stereocenters. The first-order valence-corrected chi connectivity index (χ1v) is 23.0. The summed E-state index contributed by atoms with van der Waals surface area (Å²) < 4.78 is 9.09. The number of carbonyl (C=O) groups is 8. The van der Waals surface area contributed by atoms with Gasteiger partial charge in [0.25, 0.3) is 24.8 Å². The lowest BCUT2D eigenvalue weighted by Gasteiger charge is -2.49. The van der Waals surface area contributed by atoms with E-state index in [2.05, 4.69) is 25.0 Å². The third-order valence-corrected chi connectivity index (χ3v) is 13.9. The van der Waals surface area contributed by atoms with E-state index < -0.39 is 59.0 Å². The summed E-state index contributed by atoms with van der Waals surface area (Å²) in [6.07, 6.45) is 1.17. The van der Waals surface area contributed by atoms with Crippen molar-refractivity contribution in [3.05, 3.63) is 22.5 Å². The summed E-state index contributed by atoms with van der Waals surface area (Å²) >= 11 is 5.96. The summed E-state index contributed by atoms with van der Waals surface area (Å²) in [5, 5.41) is 23.6. The van der Waals surface area contributed by atoms with Crippen LogP contribution in [0.3, 0.4) is 0 Å². The molecule has 59 heavy (non-hydrogen) atoms. The highest BCUT2D eigenvalue weighted by Crippen LogP contribution is 2.42. The molecule has 0 spiro atoms. The number of nitrogens with two attached hydrogens (primary N) is 3. The van der Waals surface area contributed by atoms with Gasteiger partial charge in [-0.3, -0.25) is 50.0 Å². The molecule has 4 heterocycles. The van der Waals surface area contributed by atoms with E-state index in [0.29, 0.717) is 54.3 Å². The number of carboxylic acid groups (broad SMARTS) is 2. The SMILES string of the molecule is CC(N)SCC1=C(C(=O)O)N2C(=O)C(NC(=O)CCCC(N)OC=O)C2SC1.CN(C)CCCSCC1=C(C(=O)O)N2C(=O)C(NC(=O)CCCC(N)OC=O)C2SC1. The minimum atomic E-state index is -1.16. The van der Waals surface area contributed by atoms with Gasteiger partial charge in [-0.15, -0.1) is 35.3 Å². The number of rotatable bonds is 25. The zero-order chi connectivity index (χ0) is 43.8. The van der Waals surface area contributed by atoms with Crippen LogP contribution in [-0.2, 0) is 47.8 Å². The first-order chi connectivity index (χ1) is 28.0. The molecular formula is C35H54N8O12S4. The third kappa shape index (κ3) is 14.6. The summed E-state index contributed by atoms with van der Waals surface area (Å²) in [5.41, 5.74) is 18.2. The lowest BCUT2D eigenvalue weighted by atomic mass is 10.0. The summed E-state index contributed by atoms with van der Waals surface area (Å²) in [4.78, 5) is 97.9. The van der Waals surface area contributed by atoms with Crippen molar-refractivity contribution in [2.45, 2.75) is 92.5 Å². The Bertz CT molecular complexity index is 1620. The molecule has 4 rings (SSSR count). The molecule has 24 heteroatoms. The second kappa shape index (κ2) is 24.7. The molecule has 0 aromatic rings. The smallest absolute Gasteiger partial charge is 0.352 e. The molecule has 0 aliphatic carbocycles. The topological polar surface area (TPSA) is 307 Å². The maximum absolute atomic E-state index is 12.6. The zero-order valence-corrected chi connectivity index (χ0v) is 36.3. The van der Waals surface area contributed by atoms with Crippen molar-refractivity contribution in [3.63, 3.8) is 0 Å². The Balaban J connectivity index is 0.000000317. The molecule has 0 saturated carbocycles. The van der Waals surface area contributed by atoms with E-state index in [9.17, 15) is 48.6 Å². The second-order valence-corrected chi connectivity index (χ2v) is 18.7. The lowest BCUT2D eigenvalue weighted by Crippen LogP contribution is -2.70. The molecule has 0 aromatic heterocycles. The number of hydrogen-bond donors (Lipinski definition) is 7. The van der Waals surface area contributed by atoms with Crippen molar-refractivity contribution < 1.29 is 58.0 Å². The van der Waals surface area contributed by atoms with Crippen LogP contribution in [0.1, 0.15) is 51.9 Å². The van der Waals surface area contributed by atoms with Crippen molar-refractivity contribution in [2.24, 2.45) is 17.2 Å². The fourth-order valence-corrected chi connectivity index (χ4v) is 10.8. The Hall–Kier alpha value is -3.52. The second-order valence-electron chi connectivity index (χ2n) is 14.0. The van der Waals surface area contributed by atoms with E-state index in [0.717, 1.165) is 24.3 Å². The average Bonchev–Trinajstić information content (AvgIpc) is 3.17. The Labute approximate surface area is 359 Å². The fraction of sp³-hybridized carbons (Fsp3) is 0.657. The van der Waals surface area contributed by atoms with Crippen molar-refractivity contribution in [1.29, 1.82) is 0 Å². The van der Waals surface area contributed by atoms with Gasteiger partial charge in [0.2, 0.25) is 11.8 Å². The van der Waals surface area contributed by atoms with Crippen LogP contribution < -0.4 is 27.8 Å². The number of thioether (sulfide) groups is 4. The zero-order valence-electron chi connectivity index (χ0n) is 33.1. The molecule has 10 N–H and O–H groups in total. The Morgan fingerprint density at radius 1 is 0.814 bits per heavy atom. The fourth-order valence-electron chi connectivity index (χ4n) is 6.20. The van der Waals surface area contributed by atoms with Crippen LogP contribution in [0.25, 0.3) is 0 Å². The molecule has 20 nitrogen and oxygen atoms in total. The van der Waals surface area contributed by atoms with Gasteiger partial charge in [-0.2, -0.15) is 11.8 Å². The molecule has 0 radical (unpaired) electrons. The van der Waals surface area contributed by atoms with Gasteiger partial charge in [-0.05, 0) is 76.6 Å². The van der Waals surface area contributed by atoms with Gasteiger partial charge in [0.15, 0.2) is 12.5 Å². The third-order valence-electron chi connectivity index (χ3n) is 9.07. The number of nitrogens with one attached hydrogen (secondary N) is 2. The normalized spacial score (nSPS) is 22.4. The van der Waals surface area contributed by atoms with Gasteiger partial charge >= 0.3 is 11.9 Å². The van der Waals surface area contributed by atoms with E-state index in [1.54, 1.807) is 11.8 Å². The van der Waals surface area contributed by atoms with Crippen molar-refractivity contribution in [3.8, 4) is 0 Å². The summed E-state index contributed by atoms with van der Waals surface area (Å²) in [7, 11) is 4.02. The predicted octanol–water partition coefficient (Wildman–Crippen LogP) is -0.571. The van der Waals surface area contributed by atoms with E-state index >= 15 is 0 Å². The van der Waals surface area contributed by atoms with Gasteiger partial charge in [0.05, 0.1) is 0 Å². The number of amides is 4. The molecule has 330 valence electrons. The molecule has 0 bridgehead atoms. The Morgan fingerprint density at radius 2 is 1.25 bits per heavy atom. The van der Waals surface area contributed by atoms with Crippen LogP contribution in [-0.4, -0.2) is 163 Å². The first kappa shape index (κ1) is 49.8. The standard InChI is InChI=1S/C19H30N4O6S2.C16H24N4O6S2/c1-22(2)7-4-8-30-9-12-10-31-18-15(17(26)23(18)16(12)19(27)28)21-14(25)6-3-5-13(20)29-11-24;1-8(17)27-5-9-6-28-15-12(14(23)20(15)13(9)16(24)25)19-11(22)4-2-3-10(18)26-7-21/h11,13,15,18H,3-10,20H2,1-2H3,(H,21,25)(H,27,28);7-8,10,12,15H,2-6,17-18H2,1H3,(H,19,22)(H,24,25). The number of carboxylic acids is 2. The van der Waals surface area contributed by atoms with Gasteiger partial charge in [0, 0.05) is 41.2 Å². The lowest BCUT2D eigenvalue weighted by molar-refractivity contribution is -0.150. The number of nitrogens with zero attached hydrogens (tertiary/aromatic N) is 3. The van der Waals surface area contributed by atoms with Crippen LogP contribution in [0.4, 0.5) is 0 Å². The minimum Gasteiger partial charge on any atom is -0.477 e. The number of ether oxygens (including phenoxy) is 2. The molecule has 4 aliphatic heterocycles. The molecule has 0 aromatic carbocycles. The molecule has 4 aliphatic rings. The number of fused-ring (bicyclic) bond motifs is 2. The highest BCUT2D eigenvalue weighted by atomic mass is 32.2. The van der Waals surface area contributed by atoms with Crippen LogP contribution >= 0.6 is 47.0 Å². The van der Waals surface area contributed by atoms with E-state index in [-0.39, 0.29) is 54.4 Å². The molecular weight excluding hydrogens is 853 g/mol.